The third-order valence-corrected chi connectivity index (χ3v) is 4.56. The van der Waals surface area contributed by atoms with E-state index in [2.05, 4.69) is 5.32 Å². The van der Waals surface area contributed by atoms with Crippen LogP contribution in [-0.4, -0.2) is 24.0 Å². The van der Waals surface area contributed by atoms with Gasteiger partial charge >= 0.3 is 0 Å². The first kappa shape index (κ1) is 18.7. The lowest BCUT2D eigenvalue weighted by molar-refractivity contribution is -0.384. The molecule has 0 bridgehead atoms. The predicted molar refractivity (Wildman–Crippen MR) is 101 cm³/mol. The minimum absolute atomic E-state index is 0.00279. The minimum Gasteiger partial charge on any atom is -0.493 e. The second kappa shape index (κ2) is 8.53. The summed E-state index contributed by atoms with van der Waals surface area (Å²) in [4.78, 5) is 22.5. The molecule has 1 N–H and O–H groups in total. The smallest absolute Gasteiger partial charge is 0.269 e. The average Bonchev–Trinajstić information content (AvgIpc) is 3.15. The zero-order valence-corrected chi connectivity index (χ0v) is 15.1. The van der Waals surface area contributed by atoms with Crippen LogP contribution < -0.4 is 14.8 Å². The summed E-state index contributed by atoms with van der Waals surface area (Å²) in [5.74, 6) is 1.05. The van der Waals surface area contributed by atoms with Gasteiger partial charge in [-0.1, -0.05) is 12.1 Å². The van der Waals surface area contributed by atoms with Crippen LogP contribution in [0.3, 0.4) is 0 Å². The number of nitro groups is 1. The molecule has 0 spiro atoms. The molecular formula is C20H22N2O5. The van der Waals surface area contributed by atoms with Gasteiger partial charge in [0.2, 0.25) is 5.91 Å². The largest absolute Gasteiger partial charge is 0.493 e. The first-order valence-electron chi connectivity index (χ1n) is 8.93. The van der Waals surface area contributed by atoms with Crippen LogP contribution >= 0.6 is 0 Å². The molecule has 0 radical (unpaired) electrons. The highest BCUT2D eigenvalue weighted by molar-refractivity contribution is 5.92. The number of nitro benzene ring substituents is 1. The van der Waals surface area contributed by atoms with Gasteiger partial charge in [-0.3, -0.25) is 14.9 Å². The van der Waals surface area contributed by atoms with Crippen molar-refractivity contribution >= 4 is 17.3 Å². The van der Waals surface area contributed by atoms with Crippen molar-refractivity contribution in [3.8, 4) is 11.5 Å². The van der Waals surface area contributed by atoms with Gasteiger partial charge in [-0.05, 0) is 43.4 Å². The Morgan fingerprint density at radius 1 is 1.15 bits per heavy atom. The number of rotatable bonds is 7. The maximum absolute atomic E-state index is 12.3. The fourth-order valence-electron chi connectivity index (χ4n) is 3.16. The number of hydrogen-bond acceptors (Lipinski definition) is 5. The van der Waals surface area contributed by atoms with Crippen LogP contribution in [-0.2, 0) is 11.2 Å². The van der Waals surface area contributed by atoms with E-state index in [4.69, 9.17) is 9.47 Å². The van der Waals surface area contributed by atoms with Gasteiger partial charge in [-0.15, -0.1) is 0 Å². The van der Waals surface area contributed by atoms with E-state index in [1.54, 1.807) is 37.4 Å². The summed E-state index contributed by atoms with van der Waals surface area (Å²) in [6.45, 7) is 0. The van der Waals surface area contributed by atoms with Gasteiger partial charge in [-0.2, -0.15) is 0 Å². The van der Waals surface area contributed by atoms with E-state index in [0.29, 0.717) is 22.7 Å². The van der Waals surface area contributed by atoms with Crippen LogP contribution in [0.15, 0.2) is 42.5 Å². The zero-order chi connectivity index (χ0) is 19.2. The molecule has 0 heterocycles. The Hall–Kier alpha value is -3.09. The van der Waals surface area contributed by atoms with E-state index in [1.165, 1.54) is 25.0 Å². The summed E-state index contributed by atoms with van der Waals surface area (Å²) in [6, 6.07) is 11.2. The highest BCUT2D eigenvalue weighted by Gasteiger charge is 2.19. The molecule has 0 aliphatic heterocycles. The fourth-order valence-corrected chi connectivity index (χ4v) is 3.16. The molecular weight excluding hydrogens is 348 g/mol. The second-order valence-corrected chi connectivity index (χ2v) is 6.54. The van der Waals surface area contributed by atoms with E-state index in [0.717, 1.165) is 12.8 Å². The first-order chi connectivity index (χ1) is 13.0. The quantitative estimate of drug-likeness (QED) is 0.585. The number of methoxy groups -OCH3 is 1. The molecule has 0 aromatic heterocycles. The van der Waals surface area contributed by atoms with Crippen molar-refractivity contribution in [2.45, 2.75) is 38.2 Å². The molecule has 1 aliphatic rings. The Bertz CT molecular complexity index is 814. The van der Waals surface area contributed by atoms with Crippen molar-refractivity contribution < 1.29 is 19.2 Å². The lowest BCUT2D eigenvalue weighted by Crippen LogP contribution is -2.15. The SMILES string of the molecule is COc1ccc(NC(=O)Cc2ccc([N+](=O)[O-])cc2)cc1OC1CCCC1. The van der Waals surface area contributed by atoms with Gasteiger partial charge in [0.1, 0.15) is 0 Å². The molecule has 7 heteroatoms. The standard InChI is InChI=1S/C20H22N2O5/c1-26-18-11-8-15(13-19(18)27-17-4-2-3-5-17)21-20(23)12-14-6-9-16(10-7-14)22(24)25/h6-11,13,17H,2-5,12H2,1H3,(H,21,23). The van der Waals surface area contributed by atoms with Gasteiger partial charge in [0, 0.05) is 23.9 Å². The van der Waals surface area contributed by atoms with Gasteiger partial charge in [0.25, 0.3) is 5.69 Å². The predicted octanol–water partition coefficient (Wildman–Crippen LogP) is 4.11. The molecule has 3 rings (SSSR count). The fraction of sp³-hybridized carbons (Fsp3) is 0.350. The van der Waals surface area contributed by atoms with E-state index in [-0.39, 0.29) is 24.1 Å². The number of ether oxygens (including phenoxy) is 2. The van der Waals surface area contributed by atoms with E-state index >= 15 is 0 Å². The van der Waals surface area contributed by atoms with Gasteiger partial charge in [-0.25, -0.2) is 0 Å². The van der Waals surface area contributed by atoms with Crippen LogP contribution in [0.5, 0.6) is 11.5 Å². The Kier molecular flexibility index (Phi) is 5.90. The van der Waals surface area contributed by atoms with Crippen molar-refractivity contribution in [3.63, 3.8) is 0 Å². The number of nitrogens with one attached hydrogen (secondary N) is 1. The highest BCUT2D eigenvalue weighted by Crippen LogP contribution is 2.34. The Morgan fingerprint density at radius 3 is 2.48 bits per heavy atom. The lowest BCUT2D eigenvalue weighted by atomic mass is 10.1. The molecule has 7 nitrogen and oxygen atoms in total. The highest BCUT2D eigenvalue weighted by atomic mass is 16.6. The first-order valence-corrected chi connectivity index (χ1v) is 8.93. The number of non-ortho nitro benzene ring substituents is 1. The summed E-state index contributed by atoms with van der Waals surface area (Å²) in [5.41, 5.74) is 1.33. The van der Waals surface area contributed by atoms with Crippen LogP contribution in [0.4, 0.5) is 11.4 Å². The molecule has 1 amide bonds. The molecule has 27 heavy (non-hydrogen) atoms. The molecule has 0 saturated heterocycles. The number of carbonyl (C=O) groups excluding carboxylic acids is 1. The van der Waals surface area contributed by atoms with Gasteiger partial charge in [0.15, 0.2) is 11.5 Å². The van der Waals surface area contributed by atoms with Crippen LogP contribution in [0.1, 0.15) is 31.2 Å². The van der Waals surface area contributed by atoms with Gasteiger partial charge < -0.3 is 14.8 Å². The zero-order valence-electron chi connectivity index (χ0n) is 15.1. The number of anilines is 1. The summed E-state index contributed by atoms with van der Waals surface area (Å²) >= 11 is 0. The molecule has 2 aromatic rings. The van der Waals surface area contributed by atoms with Crippen molar-refractivity contribution in [2.75, 3.05) is 12.4 Å². The maximum atomic E-state index is 12.3. The normalized spacial score (nSPS) is 14.0. The van der Waals surface area contributed by atoms with Gasteiger partial charge in [0.05, 0.1) is 24.6 Å². The van der Waals surface area contributed by atoms with Crippen LogP contribution in [0, 0.1) is 10.1 Å². The molecule has 1 aliphatic carbocycles. The summed E-state index contributed by atoms with van der Waals surface area (Å²) in [6.07, 6.45) is 4.70. The Morgan fingerprint density at radius 2 is 1.85 bits per heavy atom. The third kappa shape index (κ3) is 4.97. The minimum atomic E-state index is -0.465. The van der Waals surface area contributed by atoms with Crippen LogP contribution in [0.25, 0.3) is 0 Å². The summed E-state index contributed by atoms with van der Waals surface area (Å²) < 4.78 is 11.4. The number of nitrogens with zero attached hydrogens (tertiary/aromatic N) is 1. The van der Waals surface area contributed by atoms with E-state index in [1.807, 2.05) is 0 Å². The van der Waals surface area contributed by atoms with Crippen molar-refractivity contribution in [2.24, 2.45) is 0 Å². The average molecular weight is 370 g/mol. The van der Waals surface area contributed by atoms with E-state index < -0.39 is 4.92 Å². The van der Waals surface area contributed by atoms with E-state index in [9.17, 15) is 14.9 Å². The summed E-state index contributed by atoms with van der Waals surface area (Å²) in [7, 11) is 1.59. The maximum Gasteiger partial charge on any atom is 0.269 e. The number of carbonyl (C=O) groups is 1. The number of benzene rings is 2. The second-order valence-electron chi connectivity index (χ2n) is 6.54. The van der Waals surface area contributed by atoms with Crippen molar-refractivity contribution in [1.29, 1.82) is 0 Å². The summed E-state index contributed by atoms with van der Waals surface area (Å²) in [5, 5.41) is 13.5. The molecule has 0 unspecified atom stereocenters. The molecule has 142 valence electrons. The number of hydrogen-bond donors (Lipinski definition) is 1. The topological polar surface area (TPSA) is 90.7 Å². The molecule has 1 saturated carbocycles. The molecule has 2 aromatic carbocycles. The third-order valence-electron chi connectivity index (χ3n) is 4.56. The Labute approximate surface area is 157 Å². The van der Waals surface area contributed by atoms with Crippen molar-refractivity contribution in [1.82, 2.24) is 0 Å². The number of amides is 1. The lowest BCUT2D eigenvalue weighted by Gasteiger charge is -2.17. The van der Waals surface area contributed by atoms with Crippen LogP contribution in [0.2, 0.25) is 0 Å². The monoisotopic (exact) mass is 370 g/mol. The Balaban J connectivity index is 1.65. The molecule has 0 atom stereocenters. The van der Waals surface area contributed by atoms with Crippen molar-refractivity contribution in [3.05, 3.63) is 58.1 Å². The molecule has 1 fully saturated rings.